The normalized spacial score (nSPS) is 13.8. The number of aliphatic hydroxyl groups is 5. The molecule has 0 saturated heterocycles. The molecule has 7 nitrogen and oxygen atoms in total. The number of benzene rings is 2. The summed E-state index contributed by atoms with van der Waals surface area (Å²) in [5, 5.41) is 43.1. The highest BCUT2D eigenvalue weighted by molar-refractivity contribution is 5.84. The van der Waals surface area contributed by atoms with Crippen LogP contribution in [-0.4, -0.2) is 62.8 Å². The Morgan fingerprint density at radius 1 is 0.815 bits per heavy atom. The van der Waals surface area contributed by atoms with E-state index in [-0.39, 0.29) is 0 Å². The fourth-order valence-corrected chi connectivity index (χ4v) is 2.04. The summed E-state index contributed by atoms with van der Waals surface area (Å²) in [4.78, 5) is 10.5. The van der Waals surface area contributed by atoms with E-state index >= 15 is 0 Å². The van der Waals surface area contributed by atoms with Crippen molar-refractivity contribution in [2.24, 2.45) is 0 Å². The Labute approximate surface area is 158 Å². The van der Waals surface area contributed by atoms with Crippen molar-refractivity contribution in [1.82, 2.24) is 0 Å². The number of hydrogen-bond donors (Lipinski definition) is 5. The largest absolute Gasteiger partial charge is 0.394 e. The Balaban J connectivity index is 0.000000279. The first-order chi connectivity index (χ1) is 13.0. The third-order valence-corrected chi connectivity index (χ3v) is 3.61. The highest BCUT2D eigenvalue weighted by Crippen LogP contribution is 2.05. The molecular weight excluding hydrogens is 352 g/mol. The van der Waals surface area contributed by atoms with E-state index < -0.39 is 37.3 Å². The first-order valence-electron chi connectivity index (χ1n) is 8.43. The van der Waals surface area contributed by atoms with Crippen molar-refractivity contribution in [3.63, 3.8) is 0 Å². The zero-order valence-electron chi connectivity index (χ0n) is 14.9. The summed E-state index contributed by atoms with van der Waals surface area (Å²) < 4.78 is 5.61. The summed E-state index contributed by atoms with van der Waals surface area (Å²) in [6.45, 7) is -0.335. The Morgan fingerprint density at radius 2 is 1.26 bits per heavy atom. The molecular formula is C20H26O7. The van der Waals surface area contributed by atoms with Crippen molar-refractivity contribution in [1.29, 1.82) is 0 Å². The van der Waals surface area contributed by atoms with Crippen LogP contribution in [0.5, 0.6) is 0 Å². The second-order valence-electron chi connectivity index (χ2n) is 5.77. The van der Waals surface area contributed by atoms with Gasteiger partial charge in [0.25, 0.3) is 0 Å². The average Bonchev–Trinajstić information content (AvgIpc) is 2.73. The van der Waals surface area contributed by atoms with Crippen LogP contribution in [0.1, 0.15) is 11.1 Å². The Hall–Kier alpha value is -2.13. The van der Waals surface area contributed by atoms with Crippen LogP contribution in [0.15, 0.2) is 60.7 Å². The van der Waals surface area contributed by atoms with Gasteiger partial charge in [-0.15, -0.1) is 0 Å². The van der Waals surface area contributed by atoms with Crippen LogP contribution >= 0.6 is 0 Å². The number of ketones is 1. The maximum atomic E-state index is 10.5. The van der Waals surface area contributed by atoms with Crippen molar-refractivity contribution in [2.45, 2.75) is 31.5 Å². The van der Waals surface area contributed by atoms with Gasteiger partial charge in [0.05, 0.1) is 19.8 Å². The number of rotatable bonds is 9. The standard InChI is InChI=1S/C14H14O.C6H12O6/c1-3-7-13(8-4-1)11-15-12-14-9-5-2-6-10-14;7-1-3(9)5(11)6(12)4(10)2-8/h1-10H,11-12H2;3,5-9,11-12H,1-2H2/t;3-,5+,6+/m.1/s1. The van der Waals surface area contributed by atoms with Gasteiger partial charge in [-0.25, -0.2) is 0 Å². The zero-order chi connectivity index (χ0) is 20.1. The second kappa shape index (κ2) is 13.1. The SMILES string of the molecule is O=C(CO)[C@H](O)[C@@H](O)[C@H](O)CO.c1ccc(COCc2ccccc2)cc1. The first-order valence-corrected chi connectivity index (χ1v) is 8.43. The van der Waals surface area contributed by atoms with Crippen LogP contribution in [0, 0.1) is 0 Å². The smallest absolute Gasteiger partial charge is 0.189 e. The molecule has 0 aromatic heterocycles. The minimum Gasteiger partial charge on any atom is -0.394 e. The fourth-order valence-electron chi connectivity index (χ4n) is 2.04. The molecule has 0 amide bonds. The lowest BCUT2D eigenvalue weighted by Gasteiger charge is -2.19. The van der Waals surface area contributed by atoms with E-state index in [9.17, 15) is 4.79 Å². The van der Waals surface area contributed by atoms with Crippen LogP contribution in [0.3, 0.4) is 0 Å². The molecule has 0 aliphatic carbocycles. The van der Waals surface area contributed by atoms with Gasteiger partial charge in [-0.05, 0) is 11.1 Å². The molecule has 7 heteroatoms. The van der Waals surface area contributed by atoms with Gasteiger partial charge in [0, 0.05) is 0 Å². The van der Waals surface area contributed by atoms with Crippen LogP contribution in [-0.2, 0) is 22.7 Å². The number of hydrogen-bond acceptors (Lipinski definition) is 7. The van der Waals surface area contributed by atoms with Crippen LogP contribution < -0.4 is 0 Å². The Morgan fingerprint density at radius 3 is 1.63 bits per heavy atom. The summed E-state index contributed by atoms with van der Waals surface area (Å²) in [5.74, 6) is -1.00. The molecule has 0 unspecified atom stereocenters. The number of Topliss-reactive ketones (excluding diaryl/α,β-unsaturated/α-hetero) is 1. The molecule has 2 aromatic rings. The van der Waals surface area contributed by atoms with Crippen molar-refractivity contribution in [3.8, 4) is 0 Å². The molecule has 0 radical (unpaired) electrons. The molecule has 2 aromatic carbocycles. The maximum absolute atomic E-state index is 10.5. The molecule has 0 aliphatic rings. The van der Waals surface area contributed by atoms with Gasteiger partial charge < -0.3 is 30.3 Å². The van der Waals surface area contributed by atoms with E-state index in [1.54, 1.807) is 0 Å². The summed E-state index contributed by atoms with van der Waals surface area (Å²) in [7, 11) is 0. The van der Waals surface area contributed by atoms with E-state index in [1.807, 2.05) is 36.4 Å². The van der Waals surface area contributed by atoms with Gasteiger partial charge in [-0.3, -0.25) is 4.79 Å². The Kier molecular flexibility index (Phi) is 11.1. The topological polar surface area (TPSA) is 127 Å². The molecule has 0 spiro atoms. The van der Waals surface area contributed by atoms with Crippen molar-refractivity contribution < 1.29 is 35.1 Å². The van der Waals surface area contributed by atoms with Crippen molar-refractivity contribution in [3.05, 3.63) is 71.8 Å². The molecule has 5 N–H and O–H groups in total. The monoisotopic (exact) mass is 378 g/mol. The quantitative estimate of drug-likeness (QED) is 0.416. The summed E-state index contributed by atoms with van der Waals surface area (Å²) in [6, 6.07) is 20.4. The summed E-state index contributed by atoms with van der Waals surface area (Å²) >= 11 is 0. The van der Waals surface area contributed by atoms with Gasteiger partial charge in [-0.1, -0.05) is 60.7 Å². The fraction of sp³-hybridized carbons (Fsp3) is 0.350. The highest BCUT2D eigenvalue weighted by Gasteiger charge is 2.28. The molecule has 0 aliphatic heterocycles. The van der Waals surface area contributed by atoms with Gasteiger partial charge in [-0.2, -0.15) is 0 Å². The average molecular weight is 378 g/mol. The maximum Gasteiger partial charge on any atom is 0.189 e. The van der Waals surface area contributed by atoms with Crippen molar-refractivity contribution >= 4 is 5.78 Å². The van der Waals surface area contributed by atoms with Crippen LogP contribution in [0.25, 0.3) is 0 Å². The predicted molar refractivity (Wildman–Crippen MR) is 98.6 cm³/mol. The Bertz CT molecular complexity index is 594. The molecule has 27 heavy (non-hydrogen) atoms. The number of carbonyl (C=O) groups is 1. The van der Waals surface area contributed by atoms with E-state index in [4.69, 9.17) is 30.3 Å². The summed E-state index contributed by atoms with van der Waals surface area (Å²) in [6.07, 6.45) is -5.22. The molecule has 0 bridgehead atoms. The van der Waals surface area contributed by atoms with Gasteiger partial charge >= 0.3 is 0 Å². The minimum atomic E-state index is -1.86. The third kappa shape index (κ3) is 8.87. The summed E-state index contributed by atoms with van der Waals surface area (Å²) in [5.41, 5.74) is 2.43. The predicted octanol–water partition coefficient (Wildman–Crippen LogP) is 0.0262. The second-order valence-corrected chi connectivity index (χ2v) is 5.77. The van der Waals surface area contributed by atoms with E-state index in [1.165, 1.54) is 11.1 Å². The lowest BCUT2D eigenvalue weighted by atomic mass is 10.1. The van der Waals surface area contributed by atoms with Gasteiger partial charge in [0.15, 0.2) is 5.78 Å². The van der Waals surface area contributed by atoms with Crippen LogP contribution in [0.4, 0.5) is 0 Å². The minimum absolute atomic E-state index is 0.676. The van der Waals surface area contributed by atoms with E-state index in [2.05, 4.69) is 24.3 Å². The van der Waals surface area contributed by atoms with Crippen molar-refractivity contribution in [2.75, 3.05) is 13.2 Å². The lowest BCUT2D eigenvalue weighted by molar-refractivity contribution is -0.142. The molecule has 2 rings (SSSR count). The zero-order valence-corrected chi connectivity index (χ0v) is 14.9. The molecule has 0 fully saturated rings. The van der Waals surface area contributed by atoms with Crippen LogP contribution in [0.2, 0.25) is 0 Å². The third-order valence-electron chi connectivity index (χ3n) is 3.61. The van der Waals surface area contributed by atoms with Gasteiger partial charge in [0.1, 0.15) is 24.9 Å². The highest BCUT2D eigenvalue weighted by atomic mass is 16.5. The molecule has 0 heterocycles. The van der Waals surface area contributed by atoms with E-state index in [0.29, 0.717) is 13.2 Å². The molecule has 0 saturated carbocycles. The number of ether oxygens (including phenoxy) is 1. The molecule has 148 valence electrons. The lowest BCUT2D eigenvalue weighted by Crippen LogP contribution is -2.44. The number of carbonyl (C=O) groups excluding carboxylic acids is 1. The van der Waals surface area contributed by atoms with E-state index in [0.717, 1.165) is 0 Å². The number of aliphatic hydroxyl groups excluding tert-OH is 5. The molecule has 3 atom stereocenters. The first kappa shape index (κ1) is 22.9. The van der Waals surface area contributed by atoms with Gasteiger partial charge in [0.2, 0.25) is 0 Å².